The van der Waals surface area contributed by atoms with Gasteiger partial charge in [-0.25, -0.2) is 5.43 Å². The van der Waals surface area contributed by atoms with Gasteiger partial charge in [-0.2, -0.15) is 5.10 Å². The first-order chi connectivity index (χ1) is 16.8. The molecule has 34 heavy (non-hydrogen) atoms. The molecule has 1 saturated heterocycles. The van der Waals surface area contributed by atoms with Gasteiger partial charge in [0.1, 0.15) is 11.5 Å². The zero-order valence-corrected chi connectivity index (χ0v) is 20.8. The van der Waals surface area contributed by atoms with Crippen LogP contribution in [0.5, 0.6) is 5.75 Å². The number of anilines is 1. The van der Waals surface area contributed by atoms with E-state index in [1.165, 1.54) is 70.6 Å². The first kappa shape index (κ1) is 25.9. The van der Waals surface area contributed by atoms with Crippen molar-refractivity contribution in [2.75, 3.05) is 24.6 Å². The summed E-state index contributed by atoms with van der Waals surface area (Å²) in [7, 11) is 0. The maximum absolute atomic E-state index is 12.4. The minimum atomic E-state index is -0.259. The highest BCUT2D eigenvalue weighted by molar-refractivity contribution is 5.94. The number of nitrogens with zero attached hydrogens (tertiary/aromatic N) is 2. The fourth-order valence-corrected chi connectivity index (χ4v) is 4.22. The fraction of sp³-hybridized carbons (Fsp3) is 0.571. The highest BCUT2D eigenvalue weighted by Crippen LogP contribution is 2.21. The Kier molecular flexibility index (Phi) is 11.6. The number of hydrazone groups is 1. The third-order valence-corrected chi connectivity index (χ3v) is 6.27. The third-order valence-electron chi connectivity index (χ3n) is 6.27. The lowest BCUT2D eigenvalue weighted by Gasteiger charge is -2.18. The van der Waals surface area contributed by atoms with Crippen LogP contribution in [-0.2, 0) is 0 Å². The second kappa shape index (κ2) is 15.2. The number of amides is 1. The Hall–Kier alpha value is -2.76. The second-order valence-corrected chi connectivity index (χ2v) is 9.12. The molecule has 6 heteroatoms. The molecule has 0 radical (unpaired) electrons. The summed E-state index contributed by atoms with van der Waals surface area (Å²) in [5.74, 6) is 2.03. The molecule has 0 saturated carbocycles. The molecule has 6 nitrogen and oxygen atoms in total. The van der Waals surface area contributed by atoms with E-state index in [1.807, 2.05) is 24.3 Å². The van der Waals surface area contributed by atoms with E-state index in [-0.39, 0.29) is 5.91 Å². The van der Waals surface area contributed by atoms with Crippen LogP contribution in [0.3, 0.4) is 0 Å². The van der Waals surface area contributed by atoms with Gasteiger partial charge < -0.3 is 14.1 Å². The molecule has 1 amide bonds. The molecule has 0 aliphatic carbocycles. The molecule has 0 unspecified atom stereocenters. The Morgan fingerprint density at radius 2 is 1.62 bits per heavy atom. The predicted molar refractivity (Wildman–Crippen MR) is 139 cm³/mol. The fourth-order valence-electron chi connectivity index (χ4n) is 4.22. The summed E-state index contributed by atoms with van der Waals surface area (Å²) in [6.45, 7) is 5.02. The quantitative estimate of drug-likeness (QED) is 0.186. The number of carbonyl (C=O) groups excluding carboxylic acids is 1. The number of unbranched alkanes of at least 4 members (excludes halogenated alkanes) is 7. The normalized spacial score (nSPS) is 14.3. The van der Waals surface area contributed by atoms with Crippen LogP contribution in [-0.4, -0.2) is 31.8 Å². The monoisotopic (exact) mass is 467 g/mol. The maximum Gasteiger partial charge on any atom is 0.271 e. The van der Waals surface area contributed by atoms with Crippen molar-refractivity contribution in [3.63, 3.8) is 0 Å². The van der Waals surface area contributed by atoms with E-state index < -0.39 is 0 Å². The van der Waals surface area contributed by atoms with Crippen LogP contribution >= 0.6 is 0 Å². The van der Waals surface area contributed by atoms with Gasteiger partial charge in [-0.05, 0) is 49.6 Å². The molecule has 3 rings (SSSR count). The molecular formula is C28H41N3O3. The third kappa shape index (κ3) is 9.24. The van der Waals surface area contributed by atoms with E-state index in [0.717, 1.165) is 31.1 Å². The molecule has 2 aromatic rings. The minimum absolute atomic E-state index is 0.259. The topological polar surface area (TPSA) is 67.1 Å². The minimum Gasteiger partial charge on any atom is -0.494 e. The summed E-state index contributed by atoms with van der Waals surface area (Å²) < 4.78 is 11.7. The van der Waals surface area contributed by atoms with Crippen LogP contribution in [0, 0.1) is 0 Å². The Balaban J connectivity index is 1.33. The largest absolute Gasteiger partial charge is 0.494 e. The number of carbonyl (C=O) groups is 1. The Morgan fingerprint density at radius 3 is 2.32 bits per heavy atom. The molecule has 0 spiro atoms. The molecule has 1 aliphatic heterocycles. The second-order valence-electron chi connectivity index (χ2n) is 9.12. The number of furan rings is 1. The van der Waals surface area contributed by atoms with Gasteiger partial charge in [0.05, 0.1) is 12.8 Å². The van der Waals surface area contributed by atoms with Gasteiger partial charge in [-0.3, -0.25) is 4.79 Å². The van der Waals surface area contributed by atoms with Gasteiger partial charge in [-0.1, -0.05) is 64.7 Å². The van der Waals surface area contributed by atoms with Crippen LogP contribution in [0.2, 0.25) is 0 Å². The van der Waals surface area contributed by atoms with Crippen LogP contribution in [0.15, 0.2) is 45.9 Å². The van der Waals surface area contributed by atoms with E-state index >= 15 is 0 Å². The zero-order chi connectivity index (χ0) is 23.8. The molecule has 0 atom stereocenters. The summed E-state index contributed by atoms with van der Waals surface area (Å²) in [6, 6.07) is 11.1. The number of ether oxygens (including phenoxy) is 1. The van der Waals surface area contributed by atoms with E-state index in [9.17, 15) is 4.79 Å². The van der Waals surface area contributed by atoms with Gasteiger partial charge in [-0.15, -0.1) is 0 Å². The summed E-state index contributed by atoms with van der Waals surface area (Å²) in [5.41, 5.74) is 3.11. The Bertz CT molecular complexity index is 852. The average Bonchev–Trinajstić information content (AvgIpc) is 3.16. The summed E-state index contributed by atoms with van der Waals surface area (Å²) in [6.07, 6.45) is 16.7. The first-order valence-corrected chi connectivity index (χ1v) is 13.2. The molecule has 0 bridgehead atoms. The molecule has 1 aromatic carbocycles. The molecule has 1 N–H and O–H groups in total. The SMILES string of the molecule is CCCCCCCCCCOc1ccc(C(=O)NN=Cc2ccc(N3CCCCCC3)o2)cc1. The molecule has 1 aliphatic rings. The number of rotatable bonds is 14. The first-order valence-electron chi connectivity index (χ1n) is 13.2. The van der Waals surface area contributed by atoms with Crippen molar-refractivity contribution in [2.24, 2.45) is 5.10 Å². The van der Waals surface area contributed by atoms with Crippen molar-refractivity contribution in [1.29, 1.82) is 0 Å². The Labute approximate surface area is 204 Å². The summed E-state index contributed by atoms with van der Waals surface area (Å²) in [4.78, 5) is 14.6. The molecule has 2 heterocycles. The van der Waals surface area contributed by atoms with Crippen molar-refractivity contribution in [1.82, 2.24) is 5.43 Å². The number of benzene rings is 1. The van der Waals surface area contributed by atoms with Crippen molar-refractivity contribution in [3.8, 4) is 5.75 Å². The number of nitrogens with one attached hydrogen (secondary N) is 1. The molecule has 1 aromatic heterocycles. The van der Waals surface area contributed by atoms with Gasteiger partial charge in [0.25, 0.3) is 5.91 Å². The smallest absolute Gasteiger partial charge is 0.271 e. The van der Waals surface area contributed by atoms with Crippen LogP contribution < -0.4 is 15.1 Å². The molecule has 1 fully saturated rings. The van der Waals surface area contributed by atoms with Gasteiger partial charge >= 0.3 is 0 Å². The molecule has 186 valence electrons. The van der Waals surface area contributed by atoms with Crippen LogP contribution in [0.1, 0.15) is 100 Å². The average molecular weight is 468 g/mol. The van der Waals surface area contributed by atoms with Gasteiger partial charge in [0.15, 0.2) is 5.88 Å². The van der Waals surface area contributed by atoms with E-state index in [4.69, 9.17) is 9.15 Å². The van der Waals surface area contributed by atoms with E-state index in [1.54, 1.807) is 18.3 Å². The van der Waals surface area contributed by atoms with Crippen molar-refractivity contribution >= 4 is 18.0 Å². The highest BCUT2D eigenvalue weighted by atomic mass is 16.5. The lowest BCUT2D eigenvalue weighted by Crippen LogP contribution is -2.23. The number of hydrogen-bond donors (Lipinski definition) is 1. The van der Waals surface area contributed by atoms with Crippen LogP contribution in [0.25, 0.3) is 0 Å². The summed E-state index contributed by atoms with van der Waals surface area (Å²) in [5, 5.41) is 4.05. The van der Waals surface area contributed by atoms with E-state index in [2.05, 4.69) is 22.4 Å². The van der Waals surface area contributed by atoms with Crippen molar-refractivity contribution < 1.29 is 13.9 Å². The lowest BCUT2D eigenvalue weighted by molar-refractivity contribution is 0.0955. The number of hydrogen-bond acceptors (Lipinski definition) is 5. The van der Waals surface area contributed by atoms with Crippen molar-refractivity contribution in [2.45, 2.75) is 84.0 Å². The van der Waals surface area contributed by atoms with E-state index in [0.29, 0.717) is 17.9 Å². The lowest BCUT2D eigenvalue weighted by atomic mass is 10.1. The summed E-state index contributed by atoms with van der Waals surface area (Å²) >= 11 is 0. The standard InChI is InChI=1S/C28H41N3O3/c1-2-3-4-5-6-7-10-13-22-33-25-16-14-24(15-17-25)28(32)30-29-23-26-18-19-27(34-26)31-20-11-8-9-12-21-31/h14-19,23H,2-13,20-22H2,1H3,(H,30,32). The maximum atomic E-state index is 12.4. The molecular weight excluding hydrogens is 426 g/mol. The van der Waals surface area contributed by atoms with Crippen molar-refractivity contribution in [3.05, 3.63) is 47.7 Å². The zero-order valence-electron chi connectivity index (χ0n) is 20.8. The van der Waals surface area contributed by atoms with Gasteiger partial charge in [0, 0.05) is 24.7 Å². The predicted octanol–water partition coefficient (Wildman–Crippen LogP) is 6.94. The Morgan fingerprint density at radius 1 is 0.941 bits per heavy atom. The van der Waals surface area contributed by atoms with Gasteiger partial charge in [0.2, 0.25) is 0 Å². The highest BCUT2D eigenvalue weighted by Gasteiger charge is 2.13. The van der Waals surface area contributed by atoms with Crippen LogP contribution in [0.4, 0.5) is 5.88 Å².